The third kappa shape index (κ3) is 4.46. The summed E-state index contributed by atoms with van der Waals surface area (Å²) < 4.78 is 11.2. The van der Waals surface area contributed by atoms with E-state index in [2.05, 4.69) is 13.8 Å². The maximum atomic E-state index is 13.1. The number of benzene rings is 2. The molecule has 0 radical (unpaired) electrons. The number of carbonyl (C=O) groups is 2. The molecule has 2 aromatic rings. The highest BCUT2D eigenvalue weighted by Crippen LogP contribution is 2.41. The Hall–Kier alpha value is -3.32. The van der Waals surface area contributed by atoms with Crippen LogP contribution in [-0.4, -0.2) is 67.0 Å². The zero-order chi connectivity index (χ0) is 23.7. The van der Waals surface area contributed by atoms with Gasteiger partial charge in [-0.05, 0) is 49.3 Å². The fourth-order valence-electron chi connectivity index (χ4n) is 4.17. The zero-order valence-corrected chi connectivity index (χ0v) is 19.5. The van der Waals surface area contributed by atoms with Crippen molar-refractivity contribution in [3.63, 3.8) is 0 Å². The second kappa shape index (κ2) is 9.27. The largest absolute Gasteiger partial charge is 0.507 e. The van der Waals surface area contributed by atoms with Gasteiger partial charge in [-0.2, -0.15) is 0 Å². The summed E-state index contributed by atoms with van der Waals surface area (Å²) in [6.45, 7) is 6.06. The van der Waals surface area contributed by atoms with Gasteiger partial charge in [-0.15, -0.1) is 0 Å². The number of amides is 1. The lowest BCUT2D eigenvalue weighted by molar-refractivity contribution is -0.140. The van der Waals surface area contributed by atoms with Crippen molar-refractivity contribution < 1.29 is 24.2 Å². The molecule has 7 heteroatoms. The Kier molecular flexibility index (Phi) is 6.42. The van der Waals surface area contributed by atoms with Gasteiger partial charge >= 0.3 is 0 Å². The fraction of sp³-hybridized carbons (Fsp3) is 0.385. The van der Waals surface area contributed by atoms with Gasteiger partial charge < -0.3 is 24.4 Å². The van der Waals surface area contributed by atoms with Gasteiger partial charge in [0.2, 0.25) is 0 Å². The smallest absolute Gasteiger partial charge is 0.295 e. The minimum Gasteiger partial charge on any atom is -0.507 e. The van der Waals surface area contributed by atoms with E-state index in [1.165, 1.54) is 0 Å². The van der Waals surface area contributed by atoms with Crippen molar-refractivity contribution in [3.05, 3.63) is 64.7 Å². The number of carbonyl (C=O) groups excluding carboxylic acids is 2. The summed E-state index contributed by atoms with van der Waals surface area (Å²) in [5, 5.41) is 11.3. The van der Waals surface area contributed by atoms with E-state index in [1.54, 1.807) is 23.1 Å². The number of nitrogens with zero attached hydrogens (tertiary/aromatic N) is 2. The van der Waals surface area contributed by atoms with Gasteiger partial charge in [0, 0.05) is 18.7 Å². The molecule has 2 aliphatic heterocycles. The number of likely N-dealkylation sites (tertiary alicyclic amines) is 1. The van der Waals surface area contributed by atoms with E-state index >= 15 is 0 Å². The number of ether oxygens (including phenoxy) is 2. The molecule has 1 fully saturated rings. The first-order chi connectivity index (χ1) is 15.8. The van der Waals surface area contributed by atoms with Crippen molar-refractivity contribution in [1.82, 2.24) is 9.80 Å². The molecular formula is C26H30N2O5. The first kappa shape index (κ1) is 22.9. The van der Waals surface area contributed by atoms with Crippen LogP contribution in [0.15, 0.2) is 48.0 Å². The lowest BCUT2D eigenvalue weighted by Crippen LogP contribution is -2.35. The Morgan fingerprint density at radius 3 is 2.36 bits per heavy atom. The van der Waals surface area contributed by atoms with Crippen LogP contribution in [-0.2, 0) is 9.59 Å². The summed E-state index contributed by atoms with van der Waals surface area (Å²) in [5.74, 6) is -0.0459. The molecule has 0 spiro atoms. The second-order valence-electron chi connectivity index (χ2n) is 8.98. The van der Waals surface area contributed by atoms with E-state index in [4.69, 9.17) is 9.47 Å². The SMILES string of the molecule is CC(C)c1ccc(C2C(=C(O)c3ccc4c(c3)OCCO4)C(=O)C(=O)N2CCN(C)C)cc1. The van der Waals surface area contributed by atoms with Gasteiger partial charge in [-0.3, -0.25) is 9.59 Å². The Labute approximate surface area is 194 Å². The fourth-order valence-corrected chi connectivity index (χ4v) is 4.17. The number of fused-ring (bicyclic) bond motifs is 1. The Morgan fingerprint density at radius 1 is 1.06 bits per heavy atom. The van der Waals surface area contributed by atoms with Crippen LogP contribution in [0.3, 0.4) is 0 Å². The molecule has 1 N–H and O–H groups in total. The molecule has 1 atom stereocenters. The summed E-state index contributed by atoms with van der Waals surface area (Å²) in [6.07, 6.45) is 0. The van der Waals surface area contributed by atoms with Crippen molar-refractivity contribution in [1.29, 1.82) is 0 Å². The molecule has 1 saturated heterocycles. The molecule has 0 bridgehead atoms. The molecule has 0 saturated carbocycles. The highest BCUT2D eigenvalue weighted by molar-refractivity contribution is 6.46. The van der Waals surface area contributed by atoms with Crippen LogP contribution < -0.4 is 9.47 Å². The Bertz CT molecular complexity index is 1090. The number of likely N-dealkylation sites (N-methyl/N-ethyl adjacent to an activating group) is 1. The number of Topliss-reactive ketones (excluding diaryl/α,β-unsaturated/α-hetero) is 1. The summed E-state index contributed by atoms with van der Waals surface area (Å²) >= 11 is 0. The molecule has 0 aliphatic carbocycles. The third-order valence-electron chi connectivity index (χ3n) is 6.06. The summed E-state index contributed by atoms with van der Waals surface area (Å²) in [4.78, 5) is 29.7. The van der Waals surface area contributed by atoms with Crippen LogP contribution in [0, 0.1) is 0 Å². The second-order valence-corrected chi connectivity index (χ2v) is 8.98. The normalized spacial score (nSPS) is 19.6. The van der Waals surface area contributed by atoms with Crippen LogP contribution in [0.4, 0.5) is 0 Å². The van der Waals surface area contributed by atoms with E-state index < -0.39 is 17.7 Å². The monoisotopic (exact) mass is 450 g/mol. The molecule has 2 aliphatic rings. The predicted octanol–water partition coefficient (Wildman–Crippen LogP) is 3.56. The van der Waals surface area contributed by atoms with Crippen molar-refractivity contribution in [2.45, 2.75) is 25.8 Å². The number of hydrogen-bond acceptors (Lipinski definition) is 6. The maximum Gasteiger partial charge on any atom is 0.295 e. The van der Waals surface area contributed by atoms with Gasteiger partial charge in [-0.25, -0.2) is 0 Å². The van der Waals surface area contributed by atoms with E-state index in [-0.39, 0.29) is 11.3 Å². The van der Waals surface area contributed by atoms with Crippen LogP contribution in [0.1, 0.15) is 42.5 Å². The van der Waals surface area contributed by atoms with Crippen LogP contribution in [0.5, 0.6) is 11.5 Å². The van der Waals surface area contributed by atoms with Gasteiger partial charge in [0.25, 0.3) is 11.7 Å². The van der Waals surface area contributed by atoms with Gasteiger partial charge in [0.15, 0.2) is 11.5 Å². The number of ketones is 1. The summed E-state index contributed by atoms with van der Waals surface area (Å²) in [7, 11) is 3.83. The van der Waals surface area contributed by atoms with Crippen molar-refractivity contribution in [2.75, 3.05) is 40.4 Å². The molecule has 4 rings (SSSR count). The molecule has 33 heavy (non-hydrogen) atoms. The molecule has 7 nitrogen and oxygen atoms in total. The third-order valence-corrected chi connectivity index (χ3v) is 6.06. The molecule has 0 aromatic heterocycles. The Balaban J connectivity index is 1.81. The van der Waals surface area contributed by atoms with E-state index in [0.717, 1.165) is 11.1 Å². The van der Waals surface area contributed by atoms with Gasteiger partial charge in [0.05, 0.1) is 11.6 Å². The topological polar surface area (TPSA) is 79.3 Å². The van der Waals surface area contributed by atoms with Crippen LogP contribution >= 0.6 is 0 Å². The average molecular weight is 451 g/mol. The van der Waals surface area contributed by atoms with Gasteiger partial charge in [0.1, 0.15) is 19.0 Å². The van der Waals surface area contributed by atoms with Gasteiger partial charge in [-0.1, -0.05) is 38.1 Å². The van der Waals surface area contributed by atoms with Crippen molar-refractivity contribution in [3.8, 4) is 11.5 Å². The summed E-state index contributed by atoms with van der Waals surface area (Å²) in [5.41, 5.74) is 2.45. The molecule has 1 amide bonds. The molecule has 174 valence electrons. The quantitative estimate of drug-likeness (QED) is 0.412. The minimum atomic E-state index is -0.681. The first-order valence-electron chi connectivity index (χ1n) is 11.2. The molecule has 2 aromatic carbocycles. The first-order valence-corrected chi connectivity index (χ1v) is 11.2. The highest BCUT2D eigenvalue weighted by Gasteiger charge is 2.46. The standard InChI is InChI=1S/C26H30N2O5/c1-16(2)17-5-7-18(8-6-17)23-22(25(30)26(31)28(23)12-11-27(3)4)24(29)19-9-10-20-21(15-19)33-14-13-32-20/h5-10,15-16,23,29H,11-14H2,1-4H3. The van der Waals surface area contributed by atoms with Crippen molar-refractivity contribution >= 4 is 17.4 Å². The minimum absolute atomic E-state index is 0.0905. The highest BCUT2D eigenvalue weighted by atomic mass is 16.6. The van der Waals surface area contributed by atoms with Crippen LogP contribution in [0.25, 0.3) is 5.76 Å². The lowest BCUT2D eigenvalue weighted by atomic mass is 9.93. The predicted molar refractivity (Wildman–Crippen MR) is 126 cm³/mol. The van der Waals surface area contributed by atoms with Crippen molar-refractivity contribution in [2.24, 2.45) is 0 Å². The van der Waals surface area contributed by atoms with E-state index in [0.29, 0.717) is 49.3 Å². The van der Waals surface area contributed by atoms with E-state index in [9.17, 15) is 14.7 Å². The van der Waals surface area contributed by atoms with E-state index in [1.807, 2.05) is 43.3 Å². The van der Waals surface area contributed by atoms with Crippen LogP contribution in [0.2, 0.25) is 0 Å². The molecule has 2 heterocycles. The number of aliphatic hydroxyl groups is 1. The number of rotatable bonds is 6. The number of hydrogen-bond donors (Lipinski definition) is 1. The zero-order valence-electron chi connectivity index (χ0n) is 19.5. The maximum absolute atomic E-state index is 13.1. The molecular weight excluding hydrogens is 420 g/mol. The lowest BCUT2D eigenvalue weighted by Gasteiger charge is -2.27. The molecule has 1 unspecified atom stereocenters. The number of aliphatic hydroxyl groups excluding tert-OH is 1. The Morgan fingerprint density at radius 2 is 1.73 bits per heavy atom. The average Bonchev–Trinajstić information content (AvgIpc) is 3.06. The summed E-state index contributed by atoms with van der Waals surface area (Å²) in [6, 6.07) is 12.3.